The van der Waals surface area contributed by atoms with Crippen molar-refractivity contribution in [2.24, 2.45) is 5.92 Å². The third kappa shape index (κ3) is 2.68. The van der Waals surface area contributed by atoms with Crippen LogP contribution in [0.3, 0.4) is 0 Å². The van der Waals surface area contributed by atoms with Crippen LogP contribution in [0.2, 0.25) is 0 Å². The van der Waals surface area contributed by atoms with E-state index in [1.807, 2.05) is 6.92 Å². The van der Waals surface area contributed by atoms with Crippen molar-refractivity contribution in [3.05, 3.63) is 27.2 Å². The maximum Gasteiger partial charge on any atom is 0.289 e. The van der Waals surface area contributed by atoms with Crippen LogP contribution in [0.5, 0.6) is 0 Å². The van der Waals surface area contributed by atoms with Crippen LogP contribution in [0.1, 0.15) is 55.3 Å². The van der Waals surface area contributed by atoms with Crippen LogP contribution >= 0.6 is 0 Å². The molecule has 2 aliphatic rings. The number of nitrogens with zero attached hydrogens (tertiary/aromatic N) is 3. The second-order valence-corrected chi connectivity index (χ2v) is 6.86. The number of fused-ring (bicyclic) bond motifs is 1. The molecule has 1 N–H and O–H groups in total. The van der Waals surface area contributed by atoms with E-state index in [2.05, 4.69) is 11.2 Å². The van der Waals surface area contributed by atoms with E-state index in [9.17, 15) is 10.1 Å². The van der Waals surface area contributed by atoms with Crippen molar-refractivity contribution in [2.75, 3.05) is 6.54 Å². The van der Waals surface area contributed by atoms with Crippen LogP contribution < -0.4 is 10.5 Å². The fourth-order valence-electron chi connectivity index (χ4n) is 4.27. The van der Waals surface area contributed by atoms with Crippen LogP contribution in [-0.4, -0.2) is 22.4 Å². The van der Waals surface area contributed by atoms with E-state index in [4.69, 9.17) is 0 Å². The summed E-state index contributed by atoms with van der Waals surface area (Å²) in [6.07, 6.45) is 7.85. The van der Waals surface area contributed by atoms with Crippen molar-refractivity contribution in [2.45, 2.75) is 65.1 Å². The lowest BCUT2D eigenvalue weighted by Crippen LogP contribution is -3.17. The van der Waals surface area contributed by atoms with Gasteiger partial charge in [-0.25, -0.2) is 0 Å². The van der Waals surface area contributed by atoms with Crippen molar-refractivity contribution < 1.29 is 4.90 Å². The van der Waals surface area contributed by atoms with Crippen molar-refractivity contribution in [1.82, 2.24) is 9.78 Å². The van der Waals surface area contributed by atoms with Gasteiger partial charge in [-0.3, -0.25) is 4.79 Å². The summed E-state index contributed by atoms with van der Waals surface area (Å²) >= 11 is 0. The van der Waals surface area contributed by atoms with E-state index < -0.39 is 0 Å². The highest BCUT2D eigenvalue weighted by atomic mass is 16.1. The van der Waals surface area contributed by atoms with Gasteiger partial charge in [-0.05, 0) is 51.5 Å². The average Bonchev–Trinajstić information content (AvgIpc) is 2.53. The molecule has 0 bridgehead atoms. The predicted octanol–water partition coefficient (Wildman–Crippen LogP) is 0.927. The van der Waals surface area contributed by atoms with Gasteiger partial charge in [0.1, 0.15) is 11.6 Å². The number of likely N-dealkylation sites (tertiary alicyclic amines) is 1. The molecule has 2 heterocycles. The molecule has 2 fully saturated rings. The van der Waals surface area contributed by atoms with Gasteiger partial charge in [0.2, 0.25) is 0 Å². The topological polar surface area (TPSA) is 63.1 Å². The van der Waals surface area contributed by atoms with E-state index in [1.165, 1.54) is 48.1 Å². The molecule has 1 saturated heterocycles. The summed E-state index contributed by atoms with van der Waals surface area (Å²) < 4.78 is 1.53. The molecule has 1 aromatic rings. The maximum atomic E-state index is 12.5. The molecule has 1 aliphatic heterocycles. The highest BCUT2D eigenvalue weighted by molar-refractivity contribution is 5.36. The predicted molar refractivity (Wildman–Crippen MR) is 83.5 cm³/mol. The maximum absolute atomic E-state index is 12.5. The van der Waals surface area contributed by atoms with Crippen molar-refractivity contribution in [1.29, 1.82) is 5.26 Å². The summed E-state index contributed by atoms with van der Waals surface area (Å²) in [4.78, 5) is 14.0. The number of nitriles is 1. The van der Waals surface area contributed by atoms with E-state index in [-0.39, 0.29) is 11.1 Å². The number of hydrogen-bond acceptors (Lipinski definition) is 3. The Hall–Kier alpha value is -1.67. The first-order valence-corrected chi connectivity index (χ1v) is 8.45. The first-order valence-electron chi connectivity index (χ1n) is 8.45. The zero-order valence-corrected chi connectivity index (χ0v) is 13.6. The van der Waals surface area contributed by atoms with Gasteiger partial charge >= 0.3 is 0 Å². The van der Waals surface area contributed by atoms with Gasteiger partial charge in [-0.2, -0.15) is 15.0 Å². The zero-order valence-electron chi connectivity index (χ0n) is 13.6. The van der Waals surface area contributed by atoms with Gasteiger partial charge in [0.05, 0.1) is 18.3 Å². The summed E-state index contributed by atoms with van der Waals surface area (Å²) in [6.45, 7) is 5.40. The summed E-state index contributed by atoms with van der Waals surface area (Å²) in [7, 11) is 0. The Kier molecular flexibility index (Phi) is 4.30. The molecule has 1 aliphatic carbocycles. The monoisotopic (exact) mass is 301 g/mol. The van der Waals surface area contributed by atoms with E-state index in [0.29, 0.717) is 18.3 Å². The SMILES string of the molecule is Cc1nn(C[NH+]2CCC[C@@H]3CCCC[C@@H]32)c(=O)c(C#N)c1C. The second-order valence-electron chi connectivity index (χ2n) is 6.86. The molecule has 118 valence electrons. The number of hydrogen-bond donors (Lipinski definition) is 1. The zero-order chi connectivity index (χ0) is 15.7. The third-order valence-corrected chi connectivity index (χ3v) is 5.61. The molecule has 3 rings (SSSR count). The lowest BCUT2D eigenvalue weighted by molar-refractivity contribution is -0.958. The minimum Gasteiger partial charge on any atom is -0.314 e. The Morgan fingerprint density at radius 1 is 1.27 bits per heavy atom. The molecule has 0 spiro atoms. The first kappa shape index (κ1) is 15.2. The first-order chi connectivity index (χ1) is 10.6. The van der Waals surface area contributed by atoms with Crippen LogP contribution in [0.4, 0.5) is 0 Å². The standard InChI is InChI=1S/C17H24N4O/c1-12-13(2)19-21(17(22)15(12)10-18)11-20-9-5-7-14-6-3-4-8-16(14)20/h14,16H,3-9,11H2,1-2H3/p+1/t14-,16-/m0/s1. The minimum atomic E-state index is -0.226. The Labute approximate surface area is 131 Å². The number of nitrogens with one attached hydrogen (secondary N) is 1. The van der Waals surface area contributed by atoms with E-state index in [1.54, 1.807) is 6.92 Å². The lowest BCUT2D eigenvalue weighted by atomic mass is 9.78. The average molecular weight is 301 g/mol. The smallest absolute Gasteiger partial charge is 0.289 e. The van der Waals surface area contributed by atoms with Crippen molar-refractivity contribution >= 4 is 0 Å². The van der Waals surface area contributed by atoms with Gasteiger partial charge in [-0.1, -0.05) is 6.42 Å². The molecule has 1 saturated carbocycles. The minimum absolute atomic E-state index is 0.226. The second kappa shape index (κ2) is 6.21. The molecule has 1 unspecified atom stereocenters. The number of aromatic nitrogens is 2. The number of quaternary nitrogens is 1. The Balaban J connectivity index is 1.88. The number of aryl methyl sites for hydroxylation is 1. The molecule has 0 radical (unpaired) electrons. The van der Waals surface area contributed by atoms with E-state index in [0.717, 1.165) is 18.2 Å². The van der Waals surface area contributed by atoms with Gasteiger partial charge in [-0.15, -0.1) is 0 Å². The number of rotatable bonds is 2. The summed E-state index contributed by atoms with van der Waals surface area (Å²) in [5, 5.41) is 13.7. The van der Waals surface area contributed by atoms with Crippen LogP contribution in [0, 0.1) is 31.1 Å². The van der Waals surface area contributed by atoms with Crippen LogP contribution in [-0.2, 0) is 6.67 Å². The fourth-order valence-corrected chi connectivity index (χ4v) is 4.27. The molecule has 0 amide bonds. The highest BCUT2D eigenvalue weighted by Gasteiger charge is 2.36. The Morgan fingerprint density at radius 3 is 2.77 bits per heavy atom. The third-order valence-electron chi connectivity index (χ3n) is 5.61. The molecule has 22 heavy (non-hydrogen) atoms. The highest BCUT2D eigenvalue weighted by Crippen LogP contribution is 2.28. The largest absolute Gasteiger partial charge is 0.314 e. The molecule has 0 aromatic carbocycles. The van der Waals surface area contributed by atoms with Gasteiger partial charge in [0.15, 0.2) is 6.67 Å². The molecule has 5 nitrogen and oxygen atoms in total. The van der Waals surface area contributed by atoms with Gasteiger partial charge in [0.25, 0.3) is 5.56 Å². The Bertz CT molecular complexity index is 656. The quantitative estimate of drug-likeness (QED) is 0.884. The fraction of sp³-hybridized carbons (Fsp3) is 0.706. The van der Waals surface area contributed by atoms with E-state index >= 15 is 0 Å². The normalized spacial score (nSPS) is 28.0. The molecule has 5 heteroatoms. The molecular formula is C17H25N4O+. The molecular weight excluding hydrogens is 276 g/mol. The van der Waals surface area contributed by atoms with Crippen LogP contribution in [0.15, 0.2) is 4.79 Å². The lowest BCUT2D eigenvalue weighted by Gasteiger charge is -2.41. The van der Waals surface area contributed by atoms with Crippen molar-refractivity contribution in [3.8, 4) is 6.07 Å². The molecule has 1 aromatic heterocycles. The summed E-state index contributed by atoms with van der Waals surface area (Å²) in [5.74, 6) is 0.815. The van der Waals surface area contributed by atoms with Gasteiger partial charge < -0.3 is 4.90 Å². The summed E-state index contributed by atoms with van der Waals surface area (Å²) in [6, 6.07) is 2.73. The van der Waals surface area contributed by atoms with Crippen LogP contribution in [0.25, 0.3) is 0 Å². The molecule has 3 atom stereocenters. The number of piperidine rings is 1. The van der Waals surface area contributed by atoms with Crippen molar-refractivity contribution in [3.63, 3.8) is 0 Å². The summed E-state index contributed by atoms with van der Waals surface area (Å²) in [5.41, 5.74) is 1.53. The van der Waals surface area contributed by atoms with Gasteiger partial charge in [0, 0.05) is 5.92 Å². The Morgan fingerprint density at radius 2 is 2.00 bits per heavy atom.